The molecular weight excluding hydrogens is 244 g/mol. The van der Waals surface area contributed by atoms with Gasteiger partial charge in [0.25, 0.3) is 0 Å². The molecule has 6 heteroatoms. The molecule has 1 saturated heterocycles. The van der Waals surface area contributed by atoms with Gasteiger partial charge in [-0.25, -0.2) is 0 Å². The SMILES string of the molecule is COC(=O)C1CC(N=[N+]=[N-])CN1CC1CCCCC1. The summed E-state index contributed by atoms with van der Waals surface area (Å²) >= 11 is 0. The first-order chi connectivity index (χ1) is 9.24. The van der Waals surface area contributed by atoms with Crippen LogP contribution in [-0.2, 0) is 9.53 Å². The molecule has 106 valence electrons. The summed E-state index contributed by atoms with van der Waals surface area (Å²) in [6.07, 6.45) is 7.00. The third kappa shape index (κ3) is 3.61. The highest BCUT2D eigenvalue weighted by Gasteiger charge is 2.38. The van der Waals surface area contributed by atoms with Gasteiger partial charge in [-0.05, 0) is 30.7 Å². The Balaban J connectivity index is 1.97. The third-order valence-corrected chi connectivity index (χ3v) is 4.29. The number of methoxy groups -OCH3 is 1. The summed E-state index contributed by atoms with van der Waals surface area (Å²) in [6, 6.07) is -0.333. The number of carbonyl (C=O) groups is 1. The molecule has 2 fully saturated rings. The van der Waals surface area contributed by atoms with E-state index in [9.17, 15) is 4.79 Å². The van der Waals surface area contributed by atoms with Crippen LogP contribution < -0.4 is 0 Å². The van der Waals surface area contributed by atoms with Crippen LogP contribution in [0, 0.1) is 5.92 Å². The first-order valence-corrected chi connectivity index (χ1v) is 7.10. The number of hydrogen-bond acceptors (Lipinski definition) is 4. The predicted octanol–water partition coefficient (Wildman–Crippen LogP) is 2.49. The summed E-state index contributed by atoms with van der Waals surface area (Å²) in [4.78, 5) is 16.8. The van der Waals surface area contributed by atoms with Crippen molar-refractivity contribution in [3.05, 3.63) is 10.4 Å². The summed E-state index contributed by atoms with van der Waals surface area (Å²) in [6.45, 7) is 1.61. The van der Waals surface area contributed by atoms with E-state index in [-0.39, 0.29) is 18.1 Å². The van der Waals surface area contributed by atoms with E-state index in [2.05, 4.69) is 14.9 Å². The zero-order chi connectivity index (χ0) is 13.7. The van der Waals surface area contributed by atoms with Crippen LogP contribution in [-0.4, -0.2) is 43.2 Å². The molecule has 19 heavy (non-hydrogen) atoms. The molecule has 0 N–H and O–H groups in total. The van der Waals surface area contributed by atoms with Crippen LogP contribution in [0.5, 0.6) is 0 Å². The van der Waals surface area contributed by atoms with Crippen molar-refractivity contribution in [1.82, 2.24) is 4.90 Å². The summed E-state index contributed by atoms with van der Waals surface area (Å²) in [5.41, 5.74) is 8.54. The Morgan fingerprint density at radius 3 is 2.79 bits per heavy atom. The molecule has 0 radical (unpaired) electrons. The van der Waals surface area contributed by atoms with Gasteiger partial charge in [0.1, 0.15) is 6.04 Å². The molecular formula is C13H22N4O2. The van der Waals surface area contributed by atoms with Crippen LogP contribution in [0.25, 0.3) is 10.4 Å². The van der Waals surface area contributed by atoms with Crippen LogP contribution in [0.1, 0.15) is 38.5 Å². The lowest BCUT2D eigenvalue weighted by Crippen LogP contribution is -2.40. The van der Waals surface area contributed by atoms with E-state index in [0.717, 1.165) is 6.54 Å². The number of ether oxygens (including phenoxy) is 1. The highest BCUT2D eigenvalue weighted by Crippen LogP contribution is 2.28. The van der Waals surface area contributed by atoms with Gasteiger partial charge >= 0.3 is 5.97 Å². The maximum atomic E-state index is 11.8. The van der Waals surface area contributed by atoms with E-state index < -0.39 is 0 Å². The molecule has 0 amide bonds. The standard InChI is InChI=1S/C13H22N4O2/c1-19-13(18)12-7-11(15-16-14)9-17(12)8-10-5-3-2-4-6-10/h10-12H,2-9H2,1H3. The lowest BCUT2D eigenvalue weighted by Gasteiger charge is -2.29. The normalized spacial score (nSPS) is 28.9. The van der Waals surface area contributed by atoms with E-state index >= 15 is 0 Å². The predicted molar refractivity (Wildman–Crippen MR) is 71.5 cm³/mol. The summed E-state index contributed by atoms with van der Waals surface area (Å²) in [5.74, 6) is 0.470. The molecule has 0 bridgehead atoms. The van der Waals surface area contributed by atoms with E-state index in [4.69, 9.17) is 10.3 Å². The monoisotopic (exact) mass is 266 g/mol. The average molecular weight is 266 g/mol. The van der Waals surface area contributed by atoms with Gasteiger partial charge in [0.15, 0.2) is 0 Å². The van der Waals surface area contributed by atoms with E-state index in [0.29, 0.717) is 18.9 Å². The molecule has 2 aliphatic rings. The molecule has 0 aromatic carbocycles. The van der Waals surface area contributed by atoms with Crippen molar-refractivity contribution in [1.29, 1.82) is 0 Å². The van der Waals surface area contributed by atoms with Crippen LogP contribution in [0.2, 0.25) is 0 Å². The Bertz CT molecular complexity index is 362. The van der Waals surface area contributed by atoms with Gasteiger partial charge < -0.3 is 4.74 Å². The van der Waals surface area contributed by atoms with Gasteiger partial charge in [0.2, 0.25) is 0 Å². The molecule has 1 aliphatic heterocycles. The minimum Gasteiger partial charge on any atom is -0.468 e. The highest BCUT2D eigenvalue weighted by atomic mass is 16.5. The molecule has 2 unspecified atom stereocenters. The average Bonchev–Trinajstić information content (AvgIpc) is 2.82. The van der Waals surface area contributed by atoms with Crippen LogP contribution in [0.15, 0.2) is 5.11 Å². The van der Waals surface area contributed by atoms with Gasteiger partial charge in [0, 0.05) is 18.0 Å². The fraction of sp³-hybridized carbons (Fsp3) is 0.923. The zero-order valence-electron chi connectivity index (χ0n) is 11.5. The number of azide groups is 1. The fourth-order valence-electron chi connectivity index (χ4n) is 3.32. The van der Waals surface area contributed by atoms with Crippen molar-refractivity contribution >= 4 is 5.97 Å². The number of carbonyl (C=O) groups excluding carboxylic acids is 1. The smallest absolute Gasteiger partial charge is 0.323 e. The number of nitrogens with zero attached hydrogens (tertiary/aromatic N) is 4. The second kappa shape index (κ2) is 6.78. The van der Waals surface area contributed by atoms with Gasteiger partial charge in [-0.3, -0.25) is 9.69 Å². The van der Waals surface area contributed by atoms with Crippen molar-refractivity contribution in [3.8, 4) is 0 Å². The number of rotatable bonds is 4. The Morgan fingerprint density at radius 1 is 1.42 bits per heavy atom. The Labute approximate surface area is 113 Å². The molecule has 1 saturated carbocycles. The molecule has 0 aromatic heterocycles. The van der Waals surface area contributed by atoms with Gasteiger partial charge in [-0.2, -0.15) is 0 Å². The minimum absolute atomic E-state index is 0.0994. The molecule has 2 rings (SSSR count). The third-order valence-electron chi connectivity index (χ3n) is 4.29. The Kier molecular flexibility index (Phi) is 5.05. The Morgan fingerprint density at radius 2 is 2.16 bits per heavy atom. The fourth-order valence-corrected chi connectivity index (χ4v) is 3.32. The first kappa shape index (κ1) is 14.2. The van der Waals surface area contributed by atoms with Crippen molar-refractivity contribution < 1.29 is 9.53 Å². The van der Waals surface area contributed by atoms with Crippen molar-refractivity contribution in [2.45, 2.75) is 50.6 Å². The van der Waals surface area contributed by atoms with Gasteiger partial charge in [-0.15, -0.1) is 0 Å². The van der Waals surface area contributed by atoms with Crippen LogP contribution in [0.4, 0.5) is 0 Å². The lowest BCUT2D eigenvalue weighted by molar-refractivity contribution is -0.146. The first-order valence-electron chi connectivity index (χ1n) is 7.10. The topological polar surface area (TPSA) is 78.3 Å². The minimum atomic E-state index is -0.234. The van der Waals surface area contributed by atoms with Gasteiger partial charge in [0.05, 0.1) is 13.2 Å². The quantitative estimate of drug-likeness (QED) is 0.339. The number of likely N-dealkylation sites (tertiary alicyclic amines) is 1. The maximum Gasteiger partial charge on any atom is 0.323 e. The molecule has 0 aromatic rings. The van der Waals surface area contributed by atoms with E-state index in [1.54, 1.807) is 0 Å². The molecule has 2 atom stereocenters. The lowest BCUT2D eigenvalue weighted by atomic mass is 9.89. The van der Waals surface area contributed by atoms with Crippen molar-refractivity contribution in [2.24, 2.45) is 11.0 Å². The van der Waals surface area contributed by atoms with Crippen molar-refractivity contribution in [2.75, 3.05) is 20.2 Å². The summed E-state index contributed by atoms with van der Waals surface area (Å²) in [7, 11) is 1.42. The van der Waals surface area contributed by atoms with E-state index in [1.807, 2.05) is 0 Å². The Hall–Kier alpha value is -1.26. The zero-order valence-corrected chi connectivity index (χ0v) is 11.5. The van der Waals surface area contributed by atoms with Crippen LogP contribution in [0.3, 0.4) is 0 Å². The molecule has 0 spiro atoms. The summed E-state index contributed by atoms with van der Waals surface area (Å²) < 4.78 is 4.86. The second-order valence-corrected chi connectivity index (χ2v) is 5.59. The number of hydrogen-bond donors (Lipinski definition) is 0. The highest BCUT2D eigenvalue weighted by molar-refractivity contribution is 5.76. The largest absolute Gasteiger partial charge is 0.468 e. The van der Waals surface area contributed by atoms with Crippen LogP contribution >= 0.6 is 0 Å². The van der Waals surface area contributed by atoms with E-state index in [1.165, 1.54) is 39.2 Å². The number of esters is 1. The second-order valence-electron chi connectivity index (χ2n) is 5.59. The van der Waals surface area contributed by atoms with Gasteiger partial charge in [-0.1, -0.05) is 24.4 Å². The summed E-state index contributed by atoms with van der Waals surface area (Å²) in [5, 5.41) is 3.76. The molecule has 1 aliphatic carbocycles. The molecule has 6 nitrogen and oxygen atoms in total. The maximum absolute atomic E-state index is 11.8. The van der Waals surface area contributed by atoms with Crippen molar-refractivity contribution in [3.63, 3.8) is 0 Å². The molecule has 1 heterocycles.